The van der Waals surface area contributed by atoms with Crippen molar-refractivity contribution >= 4 is 5.95 Å². The number of hydrogen-bond donors (Lipinski definition) is 1. The average Bonchev–Trinajstić information content (AvgIpc) is 2.53. The highest BCUT2D eigenvalue weighted by Crippen LogP contribution is 2.13. The highest BCUT2D eigenvalue weighted by molar-refractivity contribution is 5.26. The fourth-order valence-corrected chi connectivity index (χ4v) is 1.52. The number of nitrogens with one attached hydrogen (secondary N) is 1. The number of hydrogen-bond acceptors (Lipinski definition) is 7. The van der Waals surface area contributed by atoms with E-state index in [-0.39, 0.29) is 12.0 Å². The quantitative estimate of drug-likeness (QED) is 0.742. The van der Waals surface area contributed by atoms with Gasteiger partial charge >= 0.3 is 12.0 Å². The first-order valence-electron chi connectivity index (χ1n) is 6.69. The van der Waals surface area contributed by atoms with E-state index >= 15 is 0 Å². The second-order valence-electron chi connectivity index (χ2n) is 3.92. The maximum absolute atomic E-state index is 5.52. The topological polar surface area (TPSA) is 78.4 Å². The van der Waals surface area contributed by atoms with Crippen molar-refractivity contribution in [3.63, 3.8) is 0 Å². The maximum Gasteiger partial charge on any atom is 0.324 e. The molecule has 0 saturated carbocycles. The second-order valence-corrected chi connectivity index (χ2v) is 3.92. The van der Waals surface area contributed by atoms with Gasteiger partial charge < -0.3 is 19.5 Å². The van der Waals surface area contributed by atoms with Crippen LogP contribution in [0.5, 0.6) is 17.8 Å². The van der Waals surface area contributed by atoms with Crippen molar-refractivity contribution in [2.75, 3.05) is 32.2 Å². The van der Waals surface area contributed by atoms with Crippen LogP contribution in [0.25, 0.3) is 0 Å². The molecule has 0 amide bonds. The normalized spacial score (nSPS) is 10.0. The molecule has 0 aliphatic carbocycles. The predicted octanol–water partition coefficient (Wildman–Crippen LogP) is 1.77. The molecular formula is C14H18N4O3. The van der Waals surface area contributed by atoms with Crippen LogP contribution < -0.4 is 19.5 Å². The minimum Gasteiger partial charge on any atom is -0.490 e. The van der Waals surface area contributed by atoms with Crippen LogP contribution in [0.3, 0.4) is 0 Å². The SMILES string of the molecule is CCOc1nc(NC)nc(OCCOc2ccccc2)n1. The first-order valence-corrected chi connectivity index (χ1v) is 6.69. The summed E-state index contributed by atoms with van der Waals surface area (Å²) in [6, 6.07) is 9.96. The molecule has 0 bridgehead atoms. The van der Waals surface area contributed by atoms with E-state index in [1.165, 1.54) is 0 Å². The zero-order valence-electron chi connectivity index (χ0n) is 12.1. The third kappa shape index (κ3) is 4.79. The summed E-state index contributed by atoms with van der Waals surface area (Å²) in [7, 11) is 1.72. The molecule has 0 radical (unpaired) electrons. The lowest BCUT2D eigenvalue weighted by Gasteiger charge is -2.09. The summed E-state index contributed by atoms with van der Waals surface area (Å²) in [6.45, 7) is 3.06. The lowest BCUT2D eigenvalue weighted by molar-refractivity contribution is 0.202. The fourth-order valence-electron chi connectivity index (χ4n) is 1.52. The Morgan fingerprint density at radius 3 is 2.24 bits per heavy atom. The van der Waals surface area contributed by atoms with Gasteiger partial charge in [-0.15, -0.1) is 4.98 Å². The minimum atomic E-state index is 0.203. The summed E-state index contributed by atoms with van der Waals surface area (Å²) in [6.07, 6.45) is 0. The first kappa shape index (κ1) is 14.8. The van der Waals surface area contributed by atoms with Crippen LogP contribution in [0.4, 0.5) is 5.95 Å². The van der Waals surface area contributed by atoms with Gasteiger partial charge in [0.05, 0.1) is 6.61 Å². The molecule has 7 heteroatoms. The Kier molecular flexibility index (Phi) is 5.57. The molecule has 2 aromatic rings. The van der Waals surface area contributed by atoms with Gasteiger partial charge in [-0.1, -0.05) is 18.2 Å². The van der Waals surface area contributed by atoms with Gasteiger partial charge in [-0.2, -0.15) is 9.97 Å². The summed E-state index contributed by atoms with van der Waals surface area (Å²) in [5, 5.41) is 2.83. The Bertz CT molecular complexity index is 551. The van der Waals surface area contributed by atoms with Gasteiger partial charge in [0.2, 0.25) is 5.95 Å². The van der Waals surface area contributed by atoms with E-state index in [2.05, 4.69) is 20.3 Å². The molecule has 1 heterocycles. The molecule has 2 rings (SSSR count). The predicted molar refractivity (Wildman–Crippen MR) is 78.0 cm³/mol. The molecule has 0 atom stereocenters. The average molecular weight is 290 g/mol. The summed E-state index contributed by atoms with van der Waals surface area (Å²) < 4.78 is 16.2. The lowest BCUT2D eigenvalue weighted by Crippen LogP contribution is -2.12. The van der Waals surface area contributed by atoms with Crippen LogP contribution in [0.1, 0.15) is 6.92 Å². The summed E-state index contributed by atoms with van der Waals surface area (Å²) >= 11 is 0. The van der Waals surface area contributed by atoms with Gasteiger partial charge in [0.1, 0.15) is 19.0 Å². The molecule has 0 unspecified atom stereocenters. The van der Waals surface area contributed by atoms with E-state index < -0.39 is 0 Å². The lowest BCUT2D eigenvalue weighted by atomic mass is 10.3. The van der Waals surface area contributed by atoms with E-state index in [1.54, 1.807) is 7.05 Å². The Morgan fingerprint density at radius 2 is 1.57 bits per heavy atom. The largest absolute Gasteiger partial charge is 0.490 e. The number of aromatic nitrogens is 3. The molecule has 0 aliphatic heterocycles. The van der Waals surface area contributed by atoms with E-state index in [1.807, 2.05) is 37.3 Å². The van der Waals surface area contributed by atoms with Crippen molar-refractivity contribution in [2.45, 2.75) is 6.92 Å². The minimum absolute atomic E-state index is 0.203. The Labute approximate surface area is 123 Å². The molecule has 1 aromatic carbocycles. The monoisotopic (exact) mass is 290 g/mol. The van der Waals surface area contributed by atoms with Crippen molar-refractivity contribution < 1.29 is 14.2 Å². The van der Waals surface area contributed by atoms with E-state index in [9.17, 15) is 0 Å². The van der Waals surface area contributed by atoms with Gasteiger partial charge in [0.15, 0.2) is 0 Å². The van der Waals surface area contributed by atoms with Crippen LogP contribution >= 0.6 is 0 Å². The van der Waals surface area contributed by atoms with Crippen molar-refractivity contribution in [3.8, 4) is 17.8 Å². The molecular weight excluding hydrogens is 272 g/mol. The Morgan fingerprint density at radius 1 is 0.905 bits per heavy atom. The molecule has 21 heavy (non-hydrogen) atoms. The smallest absolute Gasteiger partial charge is 0.324 e. The van der Waals surface area contributed by atoms with Gasteiger partial charge in [-0.05, 0) is 19.1 Å². The Hall–Kier alpha value is -2.57. The van der Waals surface area contributed by atoms with Gasteiger partial charge in [0, 0.05) is 7.05 Å². The molecule has 1 N–H and O–H groups in total. The van der Waals surface area contributed by atoms with E-state index in [4.69, 9.17) is 14.2 Å². The van der Waals surface area contributed by atoms with Crippen molar-refractivity contribution in [2.24, 2.45) is 0 Å². The zero-order valence-corrected chi connectivity index (χ0v) is 12.1. The summed E-state index contributed by atoms with van der Waals surface area (Å²) in [5.41, 5.74) is 0. The van der Waals surface area contributed by atoms with Crippen molar-refractivity contribution in [1.29, 1.82) is 0 Å². The van der Waals surface area contributed by atoms with Crippen molar-refractivity contribution in [1.82, 2.24) is 15.0 Å². The van der Waals surface area contributed by atoms with E-state index in [0.29, 0.717) is 25.8 Å². The highest BCUT2D eigenvalue weighted by Gasteiger charge is 2.07. The number of anilines is 1. The van der Waals surface area contributed by atoms with Crippen LogP contribution in [0, 0.1) is 0 Å². The maximum atomic E-state index is 5.52. The summed E-state index contributed by atoms with van der Waals surface area (Å²) in [5.74, 6) is 1.19. The molecule has 0 saturated heterocycles. The van der Waals surface area contributed by atoms with Crippen molar-refractivity contribution in [3.05, 3.63) is 30.3 Å². The molecule has 7 nitrogen and oxygen atoms in total. The molecule has 0 fully saturated rings. The summed E-state index contributed by atoms with van der Waals surface area (Å²) in [4.78, 5) is 12.2. The molecule has 1 aromatic heterocycles. The number of benzene rings is 1. The standard InChI is InChI=1S/C14H18N4O3/c1-3-19-13-16-12(15-2)17-14(18-13)21-10-9-20-11-7-5-4-6-8-11/h4-8H,3,9-10H2,1-2H3,(H,15,16,17,18). The fraction of sp³-hybridized carbons (Fsp3) is 0.357. The van der Waals surface area contributed by atoms with Crippen LogP contribution in [0.15, 0.2) is 30.3 Å². The van der Waals surface area contributed by atoms with Crippen LogP contribution in [-0.4, -0.2) is 41.8 Å². The third-order valence-corrected chi connectivity index (χ3v) is 2.42. The zero-order chi connectivity index (χ0) is 14.9. The highest BCUT2D eigenvalue weighted by atomic mass is 16.5. The van der Waals surface area contributed by atoms with Crippen LogP contribution in [-0.2, 0) is 0 Å². The number of ether oxygens (including phenoxy) is 3. The number of para-hydroxylation sites is 1. The van der Waals surface area contributed by atoms with E-state index in [0.717, 1.165) is 5.75 Å². The van der Waals surface area contributed by atoms with Gasteiger partial charge in [0.25, 0.3) is 0 Å². The third-order valence-electron chi connectivity index (χ3n) is 2.42. The van der Waals surface area contributed by atoms with Crippen LogP contribution in [0.2, 0.25) is 0 Å². The molecule has 112 valence electrons. The molecule has 0 spiro atoms. The Balaban J connectivity index is 1.86. The first-order chi connectivity index (χ1) is 10.3. The number of rotatable bonds is 8. The second kappa shape index (κ2) is 7.88. The van der Waals surface area contributed by atoms with Gasteiger partial charge in [-0.25, -0.2) is 0 Å². The molecule has 0 aliphatic rings. The van der Waals surface area contributed by atoms with Gasteiger partial charge in [-0.3, -0.25) is 0 Å². The number of nitrogens with zero attached hydrogens (tertiary/aromatic N) is 3.